The van der Waals surface area contributed by atoms with E-state index in [1.54, 1.807) is 6.07 Å². The Morgan fingerprint density at radius 3 is 2.46 bits per heavy atom. The van der Waals surface area contributed by atoms with Crippen molar-refractivity contribution < 1.29 is 23.1 Å². The molecular formula is C16H12F3IN2O2. The van der Waals surface area contributed by atoms with E-state index in [4.69, 9.17) is 0 Å². The van der Waals surface area contributed by atoms with E-state index in [2.05, 4.69) is 5.32 Å². The summed E-state index contributed by atoms with van der Waals surface area (Å²) in [6.45, 7) is 0.0506. The molecule has 2 aromatic carbocycles. The van der Waals surface area contributed by atoms with Crippen LogP contribution in [0.5, 0.6) is 0 Å². The molecule has 1 aliphatic heterocycles. The topological polar surface area (TPSA) is 52.6 Å². The summed E-state index contributed by atoms with van der Waals surface area (Å²) in [6, 6.07) is 6.33. The average Bonchev–Trinajstić information content (AvgIpc) is 2.50. The third-order valence-corrected chi connectivity index (χ3v) is 4.37. The quantitative estimate of drug-likeness (QED) is 0.706. The molecule has 2 aromatic rings. The van der Waals surface area contributed by atoms with E-state index in [1.807, 2.05) is 22.6 Å². The van der Waals surface area contributed by atoms with Gasteiger partial charge >= 0.3 is 0 Å². The Morgan fingerprint density at radius 1 is 1.12 bits per heavy atom. The predicted molar refractivity (Wildman–Crippen MR) is 90.3 cm³/mol. The van der Waals surface area contributed by atoms with E-state index in [-0.39, 0.29) is 35.8 Å². The number of Topliss-reactive ketones (excluding diaryl/α,β-unsaturated/α-hetero) is 1. The molecule has 1 saturated heterocycles. The van der Waals surface area contributed by atoms with Crippen molar-refractivity contribution in [3.8, 4) is 0 Å². The van der Waals surface area contributed by atoms with Crippen LogP contribution >= 0.6 is 22.6 Å². The van der Waals surface area contributed by atoms with Gasteiger partial charge in [-0.2, -0.15) is 0 Å². The zero-order chi connectivity index (χ0) is 17.4. The van der Waals surface area contributed by atoms with Crippen molar-refractivity contribution in [3.05, 3.63) is 56.9 Å². The predicted octanol–water partition coefficient (Wildman–Crippen LogP) is 3.33. The third-order valence-electron chi connectivity index (χ3n) is 3.70. The number of ketones is 1. The molecule has 0 aromatic heterocycles. The lowest BCUT2D eigenvalue weighted by Crippen LogP contribution is -2.49. The van der Waals surface area contributed by atoms with Gasteiger partial charge in [-0.1, -0.05) is 0 Å². The smallest absolute Gasteiger partial charge is 0.182 e. The number of anilines is 2. The molecule has 8 heteroatoms. The highest BCUT2D eigenvalue weighted by molar-refractivity contribution is 14.1. The molecule has 4 nitrogen and oxygen atoms in total. The summed E-state index contributed by atoms with van der Waals surface area (Å²) in [5.74, 6) is -3.05. The lowest BCUT2D eigenvalue weighted by molar-refractivity contribution is -0.139. The summed E-state index contributed by atoms with van der Waals surface area (Å²) in [4.78, 5) is 12.5. The lowest BCUT2D eigenvalue weighted by atomic mass is 10.1. The molecule has 1 unspecified atom stereocenters. The van der Waals surface area contributed by atoms with Gasteiger partial charge in [-0.05, 0) is 52.9 Å². The summed E-state index contributed by atoms with van der Waals surface area (Å²) >= 11 is 1.93. The molecule has 2 N–H and O–H groups in total. The summed E-state index contributed by atoms with van der Waals surface area (Å²) < 4.78 is 42.4. The van der Waals surface area contributed by atoms with E-state index in [9.17, 15) is 23.1 Å². The van der Waals surface area contributed by atoms with Gasteiger partial charge in [0.25, 0.3) is 0 Å². The molecule has 1 fully saturated rings. The highest BCUT2D eigenvalue weighted by Gasteiger charge is 2.32. The second kappa shape index (κ2) is 6.69. The minimum absolute atomic E-state index is 0.0253. The van der Waals surface area contributed by atoms with Crippen LogP contribution in [-0.2, 0) is 4.79 Å². The van der Waals surface area contributed by atoms with Crippen LogP contribution in [-0.4, -0.2) is 28.9 Å². The molecule has 1 heterocycles. The molecule has 0 bridgehead atoms. The van der Waals surface area contributed by atoms with Gasteiger partial charge in [0, 0.05) is 9.13 Å². The van der Waals surface area contributed by atoms with Gasteiger partial charge in [0.15, 0.2) is 17.4 Å². The largest absolute Gasteiger partial charge is 0.374 e. The molecule has 3 rings (SSSR count). The van der Waals surface area contributed by atoms with Crippen molar-refractivity contribution in [1.29, 1.82) is 0 Å². The molecule has 0 aliphatic carbocycles. The van der Waals surface area contributed by atoms with Gasteiger partial charge in [0.1, 0.15) is 12.0 Å². The van der Waals surface area contributed by atoms with E-state index in [1.165, 1.54) is 23.1 Å². The number of benzene rings is 2. The first-order valence-corrected chi connectivity index (χ1v) is 8.08. The first-order valence-electron chi connectivity index (χ1n) is 7.00. The molecule has 0 radical (unpaired) electrons. The SMILES string of the molecule is O=C1CN(C(O)c2ccc(F)c(F)c2Nc2ccc(I)cc2F)C1. The maximum absolute atomic E-state index is 14.2. The average molecular weight is 448 g/mol. The van der Waals surface area contributed by atoms with Crippen molar-refractivity contribution in [2.24, 2.45) is 0 Å². The van der Waals surface area contributed by atoms with Crippen LogP contribution in [0.2, 0.25) is 0 Å². The molecule has 1 atom stereocenters. The van der Waals surface area contributed by atoms with Gasteiger partial charge in [-0.25, -0.2) is 13.2 Å². The van der Waals surface area contributed by atoms with Crippen molar-refractivity contribution in [1.82, 2.24) is 4.90 Å². The van der Waals surface area contributed by atoms with Gasteiger partial charge in [-0.15, -0.1) is 0 Å². The van der Waals surface area contributed by atoms with Gasteiger partial charge in [-0.3, -0.25) is 9.69 Å². The van der Waals surface area contributed by atoms with Crippen molar-refractivity contribution in [2.45, 2.75) is 6.23 Å². The Kier molecular flexibility index (Phi) is 4.79. The van der Waals surface area contributed by atoms with Crippen molar-refractivity contribution >= 4 is 39.7 Å². The van der Waals surface area contributed by atoms with Crippen LogP contribution in [0.15, 0.2) is 30.3 Å². The van der Waals surface area contributed by atoms with Crippen LogP contribution in [0, 0.1) is 21.0 Å². The van der Waals surface area contributed by atoms with E-state index in [0.717, 1.165) is 6.07 Å². The number of likely N-dealkylation sites (tertiary alicyclic amines) is 1. The standard InChI is InChI=1S/C16H12F3IN2O2/c17-11-3-2-10(16(24)22-6-9(23)7-22)15(14(11)19)21-13-4-1-8(20)5-12(13)18/h1-5,16,21,24H,6-7H2. The van der Waals surface area contributed by atoms with Crippen molar-refractivity contribution in [2.75, 3.05) is 18.4 Å². The number of carbonyl (C=O) groups is 1. The first-order chi connectivity index (χ1) is 11.4. The molecule has 126 valence electrons. The lowest BCUT2D eigenvalue weighted by Gasteiger charge is -2.34. The Hall–Kier alpha value is -1.65. The summed E-state index contributed by atoms with van der Waals surface area (Å²) in [5, 5.41) is 12.8. The van der Waals surface area contributed by atoms with Crippen LogP contribution < -0.4 is 5.32 Å². The highest BCUT2D eigenvalue weighted by Crippen LogP contribution is 2.34. The Labute approximate surface area is 149 Å². The van der Waals surface area contributed by atoms with E-state index in [0.29, 0.717) is 3.57 Å². The second-order valence-electron chi connectivity index (χ2n) is 5.39. The van der Waals surface area contributed by atoms with Crippen LogP contribution in [0.25, 0.3) is 0 Å². The number of nitrogens with zero attached hydrogens (tertiary/aromatic N) is 1. The van der Waals surface area contributed by atoms with Crippen LogP contribution in [0.3, 0.4) is 0 Å². The van der Waals surface area contributed by atoms with Crippen molar-refractivity contribution in [3.63, 3.8) is 0 Å². The summed E-state index contributed by atoms with van der Waals surface area (Å²) in [7, 11) is 0. The fraction of sp³-hybridized carbons (Fsp3) is 0.188. The highest BCUT2D eigenvalue weighted by atomic mass is 127. The summed E-state index contributed by atoms with van der Waals surface area (Å²) in [5.41, 5.74) is -0.380. The number of hydrogen-bond donors (Lipinski definition) is 2. The maximum atomic E-state index is 14.2. The molecule has 0 spiro atoms. The normalized spacial score (nSPS) is 16.0. The zero-order valence-corrected chi connectivity index (χ0v) is 14.4. The van der Waals surface area contributed by atoms with E-state index < -0.39 is 23.7 Å². The number of aliphatic hydroxyl groups is 1. The minimum Gasteiger partial charge on any atom is -0.374 e. The van der Waals surface area contributed by atoms with Crippen LogP contribution in [0.1, 0.15) is 11.8 Å². The monoisotopic (exact) mass is 448 g/mol. The number of rotatable bonds is 4. The van der Waals surface area contributed by atoms with Gasteiger partial charge in [0.2, 0.25) is 0 Å². The van der Waals surface area contributed by atoms with Gasteiger partial charge < -0.3 is 10.4 Å². The third kappa shape index (κ3) is 3.26. The minimum atomic E-state index is -1.30. The number of halogens is 4. The van der Waals surface area contributed by atoms with E-state index >= 15 is 0 Å². The summed E-state index contributed by atoms with van der Waals surface area (Å²) in [6.07, 6.45) is -1.30. The van der Waals surface area contributed by atoms with Gasteiger partial charge in [0.05, 0.1) is 24.5 Å². The number of hydrogen-bond acceptors (Lipinski definition) is 4. The molecule has 0 saturated carbocycles. The molecule has 0 amide bonds. The molecule has 24 heavy (non-hydrogen) atoms. The fourth-order valence-corrected chi connectivity index (χ4v) is 2.86. The molecule has 1 aliphatic rings. The number of nitrogens with one attached hydrogen (secondary N) is 1. The number of carbonyl (C=O) groups excluding carboxylic acids is 1. The molecular weight excluding hydrogens is 436 g/mol. The zero-order valence-electron chi connectivity index (χ0n) is 12.2. The Balaban J connectivity index is 1.98. The number of aliphatic hydroxyl groups excluding tert-OH is 1. The fourth-order valence-electron chi connectivity index (χ4n) is 2.41. The maximum Gasteiger partial charge on any atom is 0.182 e. The first kappa shape index (κ1) is 17.2. The Bertz CT molecular complexity index is 808. The second-order valence-corrected chi connectivity index (χ2v) is 6.64. The Morgan fingerprint density at radius 2 is 1.83 bits per heavy atom. The van der Waals surface area contributed by atoms with Crippen LogP contribution in [0.4, 0.5) is 24.5 Å².